The molecule has 0 aromatic carbocycles. The van der Waals surface area contributed by atoms with E-state index in [2.05, 4.69) is 13.2 Å². The molecule has 0 bridgehead atoms. The van der Waals surface area contributed by atoms with E-state index in [1.807, 2.05) is 6.92 Å². The average molecular weight is 196 g/mol. The van der Waals surface area contributed by atoms with Gasteiger partial charge in [0.1, 0.15) is 0 Å². The van der Waals surface area contributed by atoms with Crippen molar-refractivity contribution in [3.63, 3.8) is 0 Å². The highest BCUT2D eigenvalue weighted by Gasteiger charge is 2.17. The summed E-state index contributed by atoms with van der Waals surface area (Å²) in [6.07, 6.45) is 5.03. The Labute approximate surface area is 86.3 Å². The van der Waals surface area contributed by atoms with Crippen molar-refractivity contribution in [2.45, 2.75) is 25.8 Å². The molecule has 2 N–H and O–H groups in total. The topological polar surface area (TPSA) is 46.3 Å². The van der Waals surface area contributed by atoms with Crippen LogP contribution in [0.5, 0.6) is 0 Å². The van der Waals surface area contributed by atoms with Crippen molar-refractivity contribution in [3.05, 3.63) is 25.3 Å². The standard InChI is InChI=1S/C11H20N2O/c1-4-7-10(12)11(14)13(8-5-2)9-6-3/h5-6,10H,2-4,7-9,12H2,1H3/t10-/m0/s1. The Balaban J connectivity index is 4.25. The highest BCUT2D eigenvalue weighted by atomic mass is 16.2. The Bertz CT molecular complexity index is 191. The molecule has 0 aromatic rings. The van der Waals surface area contributed by atoms with Gasteiger partial charge in [-0.2, -0.15) is 0 Å². The first-order chi connectivity index (χ1) is 6.67. The van der Waals surface area contributed by atoms with E-state index in [-0.39, 0.29) is 11.9 Å². The van der Waals surface area contributed by atoms with Crippen LogP contribution < -0.4 is 5.73 Å². The third-order valence-electron chi connectivity index (χ3n) is 1.93. The number of carbonyl (C=O) groups excluding carboxylic acids is 1. The van der Waals surface area contributed by atoms with Crippen molar-refractivity contribution in [1.29, 1.82) is 0 Å². The van der Waals surface area contributed by atoms with Gasteiger partial charge >= 0.3 is 0 Å². The summed E-state index contributed by atoms with van der Waals surface area (Å²) in [4.78, 5) is 13.4. The Kier molecular flexibility index (Phi) is 6.76. The zero-order valence-corrected chi connectivity index (χ0v) is 8.91. The largest absolute Gasteiger partial charge is 0.334 e. The minimum atomic E-state index is -0.389. The number of carbonyl (C=O) groups is 1. The molecule has 80 valence electrons. The fourth-order valence-corrected chi connectivity index (χ4v) is 1.24. The van der Waals surface area contributed by atoms with Crippen LogP contribution in [-0.2, 0) is 4.79 Å². The van der Waals surface area contributed by atoms with Crippen LogP contribution >= 0.6 is 0 Å². The number of amides is 1. The van der Waals surface area contributed by atoms with Crippen LogP contribution in [0.2, 0.25) is 0 Å². The molecule has 3 heteroatoms. The molecule has 0 heterocycles. The lowest BCUT2D eigenvalue weighted by molar-refractivity contribution is -0.131. The Hall–Kier alpha value is -1.09. The third kappa shape index (κ3) is 4.23. The molecule has 14 heavy (non-hydrogen) atoms. The van der Waals surface area contributed by atoms with E-state index in [9.17, 15) is 4.79 Å². The van der Waals surface area contributed by atoms with E-state index in [0.29, 0.717) is 13.1 Å². The van der Waals surface area contributed by atoms with Gasteiger partial charge < -0.3 is 10.6 Å². The van der Waals surface area contributed by atoms with Crippen LogP contribution in [0.4, 0.5) is 0 Å². The van der Waals surface area contributed by atoms with Crippen molar-refractivity contribution in [2.24, 2.45) is 5.73 Å². The van der Waals surface area contributed by atoms with Crippen LogP contribution in [0, 0.1) is 0 Å². The molecule has 0 aliphatic carbocycles. The van der Waals surface area contributed by atoms with Gasteiger partial charge in [-0.15, -0.1) is 13.2 Å². The van der Waals surface area contributed by atoms with Crippen molar-refractivity contribution >= 4 is 5.91 Å². The van der Waals surface area contributed by atoms with Crippen molar-refractivity contribution in [1.82, 2.24) is 4.90 Å². The van der Waals surface area contributed by atoms with Gasteiger partial charge in [0.15, 0.2) is 0 Å². The first-order valence-corrected chi connectivity index (χ1v) is 4.93. The van der Waals surface area contributed by atoms with Gasteiger partial charge in [0.05, 0.1) is 6.04 Å². The zero-order chi connectivity index (χ0) is 11.0. The van der Waals surface area contributed by atoms with Gasteiger partial charge in [-0.1, -0.05) is 25.5 Å². The Morgan fingerprint density at radius 1 is 1.43 bits per heavy atom. The molecule has 0 saturated carbocycles. The molecule has 3 nitrogen and oxygen atoms in total. The van der Waals surface area contributed by atoms with E-state index in [0.717, 1.165) is 12.8 Å². The molecule has 0 spiro atoms. The first kappa shape index (κ1) is 12.9. The van der Waals surface area contributed by atoms with Crippen LogP contribution in [0.1, 0.15) is 19.8 Å². The van der Waals surface area contributed by atoms with E-state index < -0.39 is 0 Å². The highest BCUT2D eigenvalue weighted by molar-refractivity contribution is 5.81. The zero-order valence-electron chi connectivity index (χ0n) is 8.91. The maximum absolute atomic E-state index is 11.7. The second-order valence-electron chi connectivity index (χ2n) is 3.22. The molecule has 0 aliphatic rings. The number of hydrogen-bond acceptors (Lipinski definition) is 2. The van der Waals surface area contributed by atoms with Crippen molar-refractivity contribution < 1.29 is 4.79 Å². The summed E-state index contributed by atoms with van der Waals surface area (Å²) in [6, 6.07) is -0.389. The highest BCUT2D eigenvalue weighted by Crippen LogP contribution is 2.00. The summed E-state index contributed by atoms with van der Waals surface area (Å²) in [7, 11) is 0. The molecule has 1 amide bonds. The molecule has 0 radical (unpaired) electrons. The smallest absolute Gasteiger partial charge is 0.240 e. The lowest BCUT2D eigenvalue weighted by Gasteiger charge is -2.22. The normalized spacial score (nSPS) is 11.9. The summed E-state index contributed by atoms with van der Waals surface area (Å²) >= 11 is 0. The van der Waals surface area contributed by atoms with Crippen molar-refractivity contribution in [3.8, 4) is 0 Å². The van der Waals surface area contributed by atoms with E-state index in [4.69, 9.17) is 5.73 Å². The van der Waals surface area contributed by atoms with Crippen LogP contribution in [-0.4, -0.2) is 29.9 Å². The molecule has 1 atom stereocenters. The lowest BCUT2D eigenvalue weighted by atomic mass is 10.1. The third-order valence-corrected chi connectivity index (χ3v) is 1.93. The summed E-state index contributed by atoms with van der Waals surface area (Å²) in [5.41, 5.74) is 5.73. The fraction of sp³-hybridized carbons (Fsp3) is 0.545. The predicted octanol–water partition coefficient (Wildman–Crippen LogP) is 1.31. The minimum Gasteiger partial charge on any atom is -0.334 e. The van der Waals surface area contributed by atoms with Crippen LogP contribution in [0.3, 0.4) is 0 Å². The number of rotatable bonds is 7. The van der Waals surface area contributed by atoms with Gasteiger partial charge in [0.2, 0.25) is 5.91 Å². The quantitative estimate of drug-likeness (QED) is 0.624. The molecule has 0 aliphatic heterocycles. The molecule has 0 fully saturated rings. The van der Waals surface area contributed by atoms with Crippen LogP contribution in [0.25, 0.3) is 0 Å². The predicted molar refractivity (Wildman–Crippen MR) is 59.9 cm³/mol. The Morgan fingerprint density at radius 3 is 2.29 bits per heavy atom. The lowest BCUT2D eigenvalue weighted by Crippen LogP contribution is -2.43. The molecule has 0 rings (SSSR count). The Morgan fingerprint density at radius 2 is 1.93 bits per heavy atom. The first-order valence-electron chi connectivity index (χ1n) is 4.93. The maximum atomic E-state index is 11.7. The van der Waals surface area contributed by atoms with E-state index in [1.54, 1.807) is 17.1 Å². The van der Waals surface area contributed by atoms with Gasteiger partial charge in [-0.3, -0.25) is 4.79 Å². The molecule has 0 saturated heterocycles. The second kappa shape index (κ2) is 7.33. The van der Waals surface area contributed by atoms with Gasteiger partial charge in [-0.25, -0.2) is 0 Å². The van der Waals surface area contributed by atoms with E-state index in [1.165, 1.54) is 0 Å². The monoisotopic (exact) mass is 196 g/mol. The summed E-state index contributed by atoms with van der Waals surface area (Å²) in [6.45, 7) is 10.3. The summed E-state index contributed by atoms with van der Waals surface area (Å²) in [5, 5.41) is 0. The number of hydrogen-bond donors (Lipinski definition) is 1. The van der Waals surface area contributed by atoms with Gasteiger partial charge in [0.25, 0.3) is 0 Å². The number of nitrogens with zero attached hydrogens (tertiary/aromatic N) is 1. The van der Waals surface area contributed by atoms with Crippen LogP contribution in [0.15, 0.2) is 25.3 Å². The van der Waals surface area contributed by atoms with Gasteiger partial charge in [0, 0.05) is 13.1 Å². The SMILES string of the molecule is C=CCN(CC=C)C(=O)[C@@H](N)CCC. The maximum Gasteiger partial charge on any atom is 0.240 e. The summed E-state index contributed by atoms with van der Waals surface area (Å²) < 4.78 is 0. The van der Waals surface area contributed by atoms with Gasteiger partial charge in [-0.05, 0) is 6.42 Å². The second-order valence-corrected chi connectivity index (χ2v) is 3.22. The molecular weight excluding hydrogens is 176 g/mol. The minimum absolute atomic E-state index is 0.0216. The molecule has 0 aromatic heterocycles. The molecule has 0 unspecified atom stereocenters. The van der Waals surface area contributed by atoms with Crippen molar-refractivity contribution in [2.75, 3.05) is 13.1 Å². The van der Waals surface area contributed by atoms with E-state index >= 15 is 0 Å². The molecular formula is C11H20N2O. The number of nitrogens with two attached hydrogens (primary N) is 1. The fourth-order valence-electron chi connectivity index (χ4n) is 1.24. The summed E-state index contributed by atoms with van der Waals surface area (Å²) in [5.74, 6) is -0.0216. The average Bonchev–Trinajstić information content (AvgIpc) is 2.17.